The molecule has 0 saturated carbocycles. The van der Waals surface area contributed by atoms with E-state index >= 15 is 0 Å². The molecule has 0 saturated heterocycles. The zero-order valence-electron chi connectivity index (χ0n) is 8.79. The summed E-state index contributed by atoms with van der Waals surface area (Å²) in [5.41, 5.74) is 7.08. The molecular weight excluding hydrogens is 244 g/mol. The summed E-state index contributed by atoms with van der Waals surface area (Å²) in [4.78, 5) is 5.27. The van der Waals surface area contributed by atoms with Gasteiger partial charge in [-0.05, 0) is 17.0 Å². The number of halogens is 1. The van der Waals surface area contributed by atoms with Crippen LogP contribution in [-0.4, -0.2) is 12.1 Å². The molecule has 0 amide bonds. The molecule has 2 aromatic rings. The second kappa shape index (κ2) is 5.84. The lowest BCUT2D eigenvalue weighted by Crippen LogP contribution is -2.10. The van der Waals surface area contributed by atoms with Gasteiger partial charge in [0.05, 0.1) is 13.2 Å². The standard InChI is InChI=1S/C11H12N2OS.ClH/c1-14-10-5-4-8(7-13-10)11(12)9-3-2-6-15-9;/h2-7,11H,12H2,1H3;1H/t11-;/m0./s1. The molecule has 0 bridgehead atoms. The number of rotatable bonds is 3. The third kappa shape index (κ3) is 2.72. The molecule has 0 aliphatic heterocycles. The van der Waals surface area contributed by atoms with Crippen LogP contribution in [0.15, 0.2) is 35.8 Å². The van der Waals surface area contributed by atoms with Crippen molar-refractivity contribution in [2.45, 2.75) is 6.04 Å². The van der Waals surface area contributed by atoms with Crippen molar-refractivity contribution in [1.29, 1.82) is 0 Å². The highest BCUT2D eigenvalue weighted by Crippen LogP contribution is 2.23. The van der Waals surface area contributed by atoms with E-state index in [0.717, 1.165) is 10.4 Å². The van der Waals surface area contributed by atoms with Crippen LogP contribution in [0.25, 0.3) is 0 Å². The zero-order chi connectivity index (χ0) is 10.7. The minimum absolute atomic E-state index is 0. The molecule has 2 heterocycles. The first-order valence-electron chi connectivity index (χ1n) is 4.60. The first-order valence-corrected chi connectivity index (χ1v) is 5.48. The Morgan fingerprint density at radius 2 is 2.19 bits per heavy atom. The fraction of sp³-hybridized carbons (Fsp3) is 0.182. The van der Waals surface area contributed by atoms with Crippen molar-refractivity contribution in [3.63, 3.8) is 0 Å². The Hall–Kier alpha value is -1.10. The topological polar surface area (TPSA) is 48.1 Å². The Morgan fingerprint density at radius 3 is 2.69 bits per heavy atom. The van der Waals surface area contributed by atoms with Crippen LogP contribution in [-0.2, 0) is 0 Å². The van der Waals surface area contributed by atoms with Crippen molar-refractivity contribution in [3.05, 3.63) is 46.3 Å². The fourth-order valence-electron chi connectivity index (χ4n) is 1.33. The van der Waals surface area contributed by atoms with Crippen LogP contribution in [0.4, 0.5) is 0 Å². The van der Waals surface area contributed by atoms with Gasteiger partial charge in [0, 0.05) is 17.1 Å². The number of hydrogen-bond acceptors (Lipinski definition) is 4. The van der Waals surface area contributed by atoms with E-state index in [1.165, 1.54) is 0 Å². The average Bonchev–Trinajstić information content (AvgIpc) is 2.82. The largest absolute Gasteiger partial charge is 0.481 e. The van der Waals surface area contributed by atoms with Crippen molar-refractivity contribution < 1.29 is 4.74 Å². The van der Waals surface area contributed by atoms with E-state index in [1.807, 2.05) is 29.6 Å². The van der Waals surface area contributed by atoms with Crippen molar-refractivity contribution in [2.75, 3.05) is 7.11 Å². The van der Waals surface area contributed by atoms with E-state index in [-0.39, 0.29) is 18.4 Å². The monoisotopic (exact) mass is 256 g/mol. The van der Waals surface area contributed by atoms with Gasteiger partial charge >= 0.3 is 0 Å². The van der Waals surface area contributed by atoms with Crippen LogP contribution in [0.1, 0.15) is 16.5 Å². The molecule has 86 valence electrons. The van der Waals surface area contributed by atoms with Gasteiger partial charge in [0.15, 0.2) is 0 Å². The average molecular weight is 257 g/mol. The van der Waals surface area contributed by atoms with Gasteiger partial charge in [-0.2, -0.15) is 0 Å². The van der Waals surface area contributed by atoms with E-state index in [2.05, 4.69) is 4.98 Å². The first kappa shape index (κ1) is 13.0. The molecule has 0 aliphatic carbocycles. The smallest absolute Gasteiger partial charge is 0.212 e. The third-order valence-electron chi connectivity index (χ3n) is 2.18. The molecule has 2 aromatic heterocycles. The molecular formula is C11H13ClN2OS. The number of methoxy groups -OCH3 is 1. The van der Waals surface area contributed by atoms with E-state index in [9.17, 15) is 0 Å². The summed E-state index contributed by atoms with van der Waals surface area (Å²) in [6.45, 7) is 0. The van der Waals surface area contributed by atoms with Gasteiger partial charge in [-0.3, -0.25) is 0 Å². The van der Waals surface area contributed by atoms with Gasteiger partial charge in [0.2, 0.25) is 5.88 Å². The Kier molecular flexibility index (Phi) is 4.73. The summed E-state index contributed by atoms with van der Waals surface area (Å²) < 4.78 is 4.99. The van der Waals surface area contributed by atoms with Crippen molar-refractivity contribution >= 4 is 23.7 Å². The minimum Gasteiger partial charge on any atom is -0.481 e. The van der Waals surface area contributed by atoms with Crippen LogP contribution >= 0.6 is 23.7 Å². The van der Waals surface area contributed by atoms with Crippen molar-refractivity contribution in [3.8, 4) is 5.88 Å². The van der Waals surface area contributed by atoms with Crippen molar-refractivity contribution in [2.24, 2.45) is 5.73 Å². The number of pyridine rings is 1. The Bertz CT molecular complexity index is 416. The summed E-state index contributed by atoms with van der Waals surface area (Å²) in [7, 11) is 1.60. The van der Waals surface area contributed by atoms with E-state index in [0.29, 0.717) is 5.88 Å². The molecule has 0 aromatic carbocycles. The summed E-state index contributed by atoms with van der Waals surface area (Å²) in [5.74, 6) is 0.608. The van der Waals surface area contributed by atoms with Crippen molar-refractivity contribution in [1.82, 2.24) is 4.98 Å². The number of ether oxygens (including phenoxy) is 1. The molecule has 0 fully saturated rings. The highest BCUT2D eigenvalue weighted by Gasteiger charge is 2.09. The Morgan fingerprint density at radius 1 is 1.38 bits per heavy atom. The highest BCUT2D eigenvalue weighted by molar-refractivity contribution is 7.10. The van der Waals surface area contributed by atoms with Gasteiger partial charge in [-0.1, -0.05) is 12.1 Å². The lowest BCUT2D eigenvalue weighted by molar-refractivity contribution is 0.397. The normalized spacial score (nSPS) is 11.6. The van der Waals surface area contributed by atoms with Crippen LogP contribution < -0.4 is 10.5 Å². The molecule has 0 spiro atoms. The molecule has 0 unspecified atom stereocenters. The van der Waals surface area contributed by atoms with E-state index in [4.69, 9.17) is 10.5 Å². The van der Waals surface area contributed by atoms with E-state index < -0.39 is 0 Å². The SMILES string of the molecule is COc1ccc([C@H](N)c2cccs2)cn1.Cl. The minimum atomic E-state index is -0.0941. The molecule has 0 radical (unpaired) electrons. The third-order valence-corrected chi connectivity index (χ3v) is 3.13. The first-order chi connectivity index (χ1) is 7.31. The fourth-order valence-corrected chi connectivity index (χ4v) is 2.08. The van der Waals surface area contributed by atoms with Gasteiger partial charge in [0.1, 0.15) is 0 Å². The van der Waals surface area contributed by atoms with Crippen LogP contribution in [0.2, 0.25) is 0 Å². The second-order valence-corrected chi connectivity index (χ2v) is 4.11. The molecule has 2 rings (SSSR count). The maximum absolute atomic E-state index is 6.08. The van der Waals surface area contributed by atoms with Gasteiger partial charge in [0.25, 0.3) is 0 Å². The number of nitrogens with two attached hydrogens (primary N) is 1. The van der Waals surface area contributed by atoms with Gasteiger partial charge < -0.3 is 10.5 Å². The molecule has 0 aliphatic rings. The maximum atomic E-state index is 6.08. The summed E-state index contributed by atoms with van der Waals surface area (Å²) >= 11 is 1.65. The molecule has 16 heavy (non-hydrogen) atoms. The number of hydrogen-bond donors (Lipinski definition) is 1. The summed E-state index contributed by atoms with van der Waals surface area (Å²) in [5, 5.41) is 2.02. The summed E-state index contributed by atoms with van der Waals surface area (Å²) in [6.07, 6.45) is 1.75. The van der Waals surface area contributed by atoms with Gasteiger partial charge in [-0.15, -0.1) is 23.7 Å². The Labute approximate surface area is 105 Å². The number of thiophene rings is 1. The molecule has 5 heteroatoms. The lowest BCUT2D eigenvalue weighted by atomic mass is 10.1. The van der Waals surface area contributed by atoms with Crippen LogP contribution in [0.3, 0.4) is 0 Å². The Balaban J connectivity index is 0.00000128. The second-order valence-electron chi connectivity index (χ2n) is 3.13. The predicted octanol–water partition coefficient (Wildman–Crippen LogP) is 2.62. The summed E-state index contributed by atoms with van der Waals surface area (Å²) in [6, 6.07) is 7.69. The van der Waals surface area contributed by atoms with Crippen LogP contribution in [0, 0.1) is 0 Å². The van der Waals surface area contributed by atoms with Crippen LogP contribution in [0.5, 0.6) is 5.88 Å². The zero-order valence-corrected chi connectivity index (χ0v) is 10.4. The molecule has 1 atom stereocenters. The van der Waals surface area contributed by atoms with Gasteiger partial charge in [-0.25, -0.2) is 4.98 Å². The lowest BCUT2D eigenvalue weighted by Gasteiger charge is -2.09. The molecule has 2 N–H and O–H groups in total. The predicted molar refractivity (Wildman–Crippen MR) is 68.4 cm³/mol. The maximum Gasteiger partial charge on any atom is 0.212 e. The highest BCUT2D eigenvalue weighted by atomic mass is 35.5. The number of aromatic nitrogens is 1. The molecule has 3 nitrogen and oxygen atoms in total. The number of nitrogens with zero attached hydrogens (tertiary/aromatic N) is 1. The van der Waals surface area contributed by atoms with E-state index in [1.54, 1.807) is 24.6 Å². The quantitative estimate of drug-likeness (QED) is 0.918.